The maximum absolute atomic E-state index is 5.51. The fourth-order valence-electron chi connectivity index (χ4n) is 2.19. The van der Waals surface area contributed by atoms with E-state index in [1.807, 2.05) is 71.4 Å². The molecule has 1 aromatic heterocycles. The third kappa shape index (κ3) is 2.57. The molecule has 0 radical (unpaired) electrons. The van der Waals surface area contributed by atoms with E-state index in [4.69, 9.17) is 5.84 Å². The van der Waals surface area contributed by atoms with E-state index in [0.29, 0.717) is 5.70 Å². The van der Waals surface area contributed by atoms with E-state index in [1.165, 1.54) is 0 Å². The maximum atomic E-state index is 5.51. The molecule has 0 spiro atoms. The molecule has 4 nitrogen and oxygen atoms in total. The molecule has 2 aromatic carbocycles. The van der Waals surface area contributed by atoms with Crippen LogP contribution in [0.4, 0.5) is 0 Å². The average Bonchev–Trinajstić information content (AvgIpc) is 3.01. The number of aromatic nitrogens is 2. The highest BCUT2D eigenvalue weighted by Crippen LogP contribution is 2.24. The lowest BCUT2D eigenvalue weighted by Gasteiger charge is -2.08. The molecular formula is C17H16N4. The molecule has 0 aliphatic heterocycles. The lowest BCUT2D eigenvalue weighted by Crippen LogP contribution is -2.20. The van der Waals surface area contributed by atoms with E-state index < -0.39 is 0 Å². The number of benzene rings is 2. The van der Waals surface area contributed by atoms with Gasteiger partial charge in [0.15, 0.2) is 0 Å². The SMILES string of the molecule is C=C(NN)c1cc(-c2ccccc2)nn1-c1ccccc1. The van der Waals surface area contributed by atoms with Crippen LogP contribution in [0.1, 0.15) is 5.69 Å². The minimum Gasteiger partial charge on any atom is -0.323 e. The summed E-state index contributed by atoms with van der Waals surface area (Å²) < 4.78 is 1.84. The fraction of sp³-hybridized carbons (Fsp3) is 0. The van der Waals surface area contributed by atoms with E-state index in [1.54, 1.807) is 0 Å². The molecule has 0 aliphatic rings. The quantitative estimate of drug-likeness (QED) is 0.569. The van der Waals surface area contributed by atoms with Crippen LogP contribution in [0.2, 0.25) is 0 Å². The molecule has 3 rings (SSSR count). The summed E-state index contributed by atoms with van der Waals surface area (Å²) in [6.07, 6.45) is 0. The first-order valence-electron chi connectivity index (χ1n) is 6.66. The van der Waals surface area contributed by atoms with Crippen LogP contribution >= 0.6 is 0 Å². The minimum absolute atomic E-state index is 0.619. The van der Waals surface area contributed by atoms with Crippen molar-refractivity contribution >= 4 is 5.70 Å². The molecule has 3 aromatic rings. The number of hydrazine groups is 1. The molecule has 4 heteroatoms. The predicted octanol–water partition coefficient (Wildman–Crippen LogP) is 2.97. The number of hydrogen-bond donors (Lipinski definition) is 2. The molecule has 0 atom stereocenters. The lowest BCUT2D eigenvalue weighted by atomic mass is 10.1. The van der Waals surface area contributed by atoms with Crippen molar-refractivity contribution in [1.29, 1.82) is 0 Å². The second-order valence-electron chi connectivity index (χ2n) is 4.65. The molecular weight excluding hydrogens is 260 g/mol. The Hall–Kier alpha value is -2.85. The van der Waals surface area contributed by atoms with Crippen LogP contribution in [0.25, 0.3) is 22.6 Å². The Kier molecular flexibility index (Phi) is 3.53. The van der Waals surface area contributed by atoms with Crippen molar-refractivity contribution in [2.45, 2.75) is 0 Å². The summed E-state index contributed by atoms with van der Waals surface area (Å²) in [5.74, 6) is 5.51. The molecule has 0 amide bonds. The molecule has 3 N–H and O–H groups in total. The molecule has 104 valence electrons. The Morgan fingerprint density at radius 3 is 2.24 bits per heavy atom. The van der Waals surface area contributed by atoms with Gasteiger partial charge in [0.05, 0.1) is 22.8 Å². The van der Waals surface area contributed by atoms with Gasteiger partial charge in [-0.1, -0.05) is 55.1 Å². The molecule has 0 bridgehead atoms. The molecule has 0 saturated carbocycles. The molecule has 0 saturated heterocycles. The standard InChI is InChI=1S/C17H16N4/c1-13(19-18)17-12-16(14-8-4-2-5-9-14)20-21(17)15-10-6-3-7-11-15/h2-12,19H,1,18H2. The fourth-order valence-corrected chi connectivity index (χ4v) is 2.19. The Balaban J connectivity index is 2.14. The number of nitrogens with one attached hydrogen (secondary N) is 1. The summed E-state index contributed by atoms with van der Waals surface area (Å²) in [7, 11) is 0. The second kappa shape index (κ2) is 5.64. The van der Waals surface area contributed by atoms with Crippen molar-refractivity contribution in [2.24, 2.45) is 5.84 Å². The van der Waals surface area contributed by atoms with Crippen LogP contribution in [0.3, 0.4) is 0 Å². The van der Waals surface area contributed by atoms with Crippen molar-refractivity contribution in [1.82, 2.24) is 15.2 Å². The van der Waals surface area contributed by atoms with Crippen LogP contribution < -0.4 is 11.3 Å². The summed E-state index contributed by atoms with van der Waals surface area (Å²) in [6, 6.07) is 21.9. The highest BCUT2D eigenvalue weighted by atomic mass is 15.3. The van der Waals surface area contributed by atoms with E-state index in [0.717, 1.165) is 22.6 Å². The third-order valence-electron chi connectivity index (χ3n) is 3.26. The highest BCUT2D eigenvalue weighted by Gasteiger charge is 2.12. The smallest absolute Gasteiger partial charge is 0.0934 e. The van der Waals surface area contributed by atoms with Crippen LogP contribution in [-0.4, -0.2) is 9.78 Å². The van der Waals surface area contributed by atoms with Crippen LogP contribution in [0.5, 0.6) is 0 Å². The van der Waals surface area contributed by atoms with Crippen molar-refractivity contribution in [3.8, 4) is 16.9 Å². The van der Waals surface area contributed by atoms with E-state index in [9.17, 15) is 0 Å². The van der Waals surface area contributed by atoms with Crippen molar-refractivity contribution < 1.29 is 0 Å². The van der Waals surface area contributed by atoms with Gasteiger partial charge >= 0.3 is 0 Å². The first kappa shape index (κ1) is 13.1. The number of nitrogens with zero attached hydrogens (tertiary/aromatic N) is 2. The Morgan fingerprint density at radius 1 is 1.00 bits per heavy atom. The number of hydrogen-bond acceptors (Lipinski definition) is 3. The Morgan fingerprint density at radius 2 is 1.62 bits per heavy atom. The number of nitrogens with two attached hydrogens (primary N) is 1. The van der Waals surface area contributed by atoms with Gasteiger partial charge in [-0.25, -0.2) is 4.68 Å². The largest absolute Gasteiger partial charge is 0.323 e. The van der Waals surface area contributed by atoms with E-state index in [2.05, 4.69) is 17.1 Å². The van der Waals surface area contributed by atoms with Crippen molar-refractivity contribution in [2.75, 3.05) is 0 Å². The van der Waals surface area contributed by atoms with Gasteiger partial charge in [-0.05, 0) is 18.2 Å². The Labute approximate surface area is 123 Å². The van der Waals surface area contributed by atoms with Gasteiger partial charge in [-0.15, -0.1) is 0 Å². The van der Waals surface area contributed by atoms with Gasteiger partial charge in [0.25, 0.3) is 0 Å². The monoisotopic (exact) mass is 276 g/mol. The zero-order chi connectivity index (χ0) is 14.7. The molecule has 1 heterocycles. The topological polar surface area (TPSA) is 55.9 Å². The van der Waals surface area contributed by atoms with Crippen LogP contribution in [0.15, 0.2) is 73.3 Å². The first-order valence-corrected chi connectivity index (χ1v) is 6.66. The highest BCUT2D eigenvalue weighted by molar-refractivity contribution is 5.68. The summed E-state index contributed by atoms with van der Waals surface area (Å²) >= 11 is 0. The second-order valence-corrected chi connectivity index (χ2v) is 4.65. The van der Waals surface area contributed by atoms with Gasteiger partial charge in [0, 0.05) is 5.56 Å². The van der Waals surface area contributed by atoms with E-state index in [-0.39, 0.29) is 0 Å². The third-order valence-corrected chi connectivity index (χ3v) is 3.26. The Bertz CT molecular complexity index is 745. The van der Waals surface area contributed by atoms with Crippen molar-refractivity contribution in [3.63, 3.8) is 0 Å². The lowest BCUT2D eigenvalue weighted by molar-refractivity contribution is 0.851. The summed E-state index contributed by atoms with van der Waals surface area (Å²) in [5.41, 5.74) is 6.95. The minimum atomic E-state index is 0.619. The van der Waals surface area contributed by atoms with Crippen LogP contribution in [-0.2, 0) is 0 Å². The van der Waals surface area contributed by atoms with Gasteiger partial charge in [0.1, 0.15) is 0 Å². The average molecular weight is 276 g/mol. The zero-order valence-electron chi connectivity index (χ0n) is 11.5. The predicted molar refractivity (Wildman–Crippen MR) is 85.4 cm³/mol. The zero-order valence-corrected chi connectivity index (χ0v) is 11.5. The number of rotatable bonds is 4. The van der Waals surface area contributed by atoms with Gasteiger partial charge in [0.2, 0.25) is 0 Å². The molecule has 0 aliphatic carbocycles. The van der Waals surface area contributed by atoms with Crippen LogP contribution in [0, 0.1) is 0 Å². The van der Waals surface area contributed by atoms with Gasteiger partial charge in [-0.2, -0.15) is 5.10 Å². The van der Waals surface area contributed by atoms with E-state index >= 15 is 0 Å². The molecule has 0 unspecified atom stereocenters. The van der Waals surface area contributed by atoms with Crippen molar-refractivity contribution in [3.05, 3.63) is 79.0 Å². The maximum Gasteiger partial charge on any atom is 0.0934 e. The van der Waals surface area contributed by atoms with Gasteiger partial charge in [-0.3, -0.25) is 5.84 Å². The summed E-state index contributed by atoms with van der Waals surface area (Å²) in [5, 5.41) is 4.68. The van der Waals surface area contributed by atoms with Gasteiger partial charge < -0.3 is 5.43 Å². The first-order chi connectivity index (χ1) is 10.3. The summed E-state index contributed by atoms with van der Waals surface area (Å²) in [4.78, 5) is 0. The molecule has 21 heavy (non-hydrogen) atoms. The molecule has 0 fully saturated rings. The number of para-hydroxylation sites is 1. The normalized spacial score (nSPS) is 10.3. The summed E-state index contributed by atoms with van der Waals surface area (Å²) in [6.45, 7) is 3.94.